The zero-order valence-electron chi connectivity index (χ0n) is 21.4. The van der Waals surface area contributed by atoms with Gasteiger partial charge >= 0.3 is 6.09 Å². The Hall–Kier alpha value is -3.88. The number of hydrogen-bond donors (Lipinski definition) is 2. The van der Waals surface area contributed by atoms with Crippen molar-refractivity contribution < 1.29 is 19.0 Å². The molecule has 194 valence electrons. The van der Waals surface area contributed by atoms with Gasteiger partial charge in [0.25, 0.3) is 0 Å². The molecule has 0 aliphatic carbocycles. The fourth-order valence-electron chi connectivity index (χ4n) is 4.80. The van der Waals surface area contributed by atoms with E-state index < -0.39 is 5.60 Å². The van der Waals surface area contributed by atoms with E-state index in [0.29, 0.717) is 44.7 Å². The van der Waals surface area contributed by atoms with Gasteiger partial charge in [0.1, 0.15) is 11.4 Å². The lowest BCUT2D eigenvalue weighted by atomic mass is 9.90. The van der Waals surface area contributed by atoms with Crippen LogP contribution < -0.4 is 0 Å². The number of carbonyl (C=O) groups is 1. The van der Waals surface area contributed by atoms with E-state index in [4.69, 9.17) is 9.84 Å². The van der Waals surface area contributed by atoms with Crippen LogP contribution in [0.4, 0.5) is 9.18 Å². The van der Waals surface area contributed by atoms with Crippen LogP contribution in [0.25, 0.3) is 17.0 Å². The molecule has 37 heavy (non-hydrogen) atoms. The van der Waals surface area contributed by atoms with E-state index in [1.165, 1.54) is 16.8 Å². The summed E-state index contributed by atoms with van der Waals surface area (Å²) < 4.78 is 20.4. The third-order valence-corrected chi connectivity index (χ3v) is 6.68. The average molecular weight is 506 g/mol. The highest BCUT2D eigenvalue weighted by Gasteiger charge is 2.32. The number of halogens is 1. The molecule has 9 heteroatoms. The van der Waals surface area contributed by atoms with Crippen LogP contribution in [0, 0.1) is 5.82 Å². The number of ether oxygens (including phenoxy) is 1. The lowest BCUT2D eigenvalue weighted by Crippen LogP contribution is -2.41. The monoisotopic (exact) mass is 505 g/mol. The first-order valence-electron chi connectivity index (χ1n) is 12.7. The number of likely N-dealkylation sites (tertiary alicyclic amines) is 1. The number of para-hydroxylation sites is 2. The Bertz CT molecular complexity index is 1360. The van der Waals surface area contributed by atoms with Gasteiger partial charge in [-0.2, -0.15) is 9.78 Å². The van der Waals surface area contributed by atoms with Crippen molar-refractivity contribution in [2.45, 2.75) is 58.0 Å². The first-order valence-corrected chi connectivity index (χ1v) is 12.7. The maximum Gasteiger partial charge on any atom is 0.410 e. The van der Waals surface area contributed by atoms with Crippen LogP contribution in [0.2, 0.25) is 0 Å². The van der Waals surface area contributed by atoms with E-state index in [2.05, 4.69) is 9.97 Å². The molecule has 1 fully saturated rings. The van der Waals surface area contributed by atoms with E-state index >= 15 is 0 Å². The number of piperidine rings is 1. The number of aryl methyl sites for hydroxylation is 1. The first-order chi connectivity index (χ1) is 17.7. The number of fused-ring (bicyclic) bond motifs is 1. The number of nitrogens with zero attached hydrogens (tertiary/aromatic N) is 4. The number of hydrogen-bond acceptors (Lipinski definition) is 5. The van der Waals surface area contributed by atoms with Gasteiger partial charge in [0.05, 0.1) is 16.7 Å². The molecule has 0 unspecified atom stereocenters. The summed E-state index contributed by atoms with van der Waals surface area (Å²) in [5, 5.41) is 16.1. The summed E-state index contributed by atoms with van der Waals surface area (Å²) in [5.74, 6) is 0.282. The lowest BCUT2D eigenvalue weighted by molar-refractivity contribution is 0.0204. The highest BCUT2D eigenvalue weighted by molar-refractivity contribution is 5.76. The lowest BCUT2D eigenvalue weighted by Gasteiger charge is -2.33. The quantitative estimate of drug-likeness (QED) is 0.374. The molecule has 1 aliphatic heterocycles. The van der Waals surface area contributed by atoms with E-state index in [0.717, 1.165) is 27.9 Å². The van der Waals surface area contributed by atoms with Crippen LogP contribution in [-0.2, 0) is 17.6 Å². The van der Waals surface area contributed by atoms with Crippen LogP contribution in [0.3, 0.4) is 0 Å². The molecular weight excluding hydrogens is 473 g/mol. The van der Waals surface area contributed by atoms with Crippen molar-refractivity contribution in [2.75, 3.05) is 13.1 Å². The van der Waals surface area contributed by atoms with Gasteiger partial charge in [-0.15, -0.1) is 0 Å². The fraction of sp³-hybridized carbons (Fsp3) is 0.393. The SMILES string of the molecule is CC(C)(C)OC(=O)N1CCC(c2nn(-c3nc4ccccc4[nH]3)c(O)c2CCc2ccc(F)cc2)CC1. The van der Waals surface area contributed by atoms with E-state index in [1.54, 1.807) is 17.0 Å². The standard InChI is InChI=1S/C28H32FN5O3/c1-28(2,3)37-27(36)33-16-14-19(15-17-33)24-21(13-10-18-8-11-20(29)12-9-18)25(35)34(32-24)26-30-22-6-4-5-7-23(22)31-26/h4-9,11-12,19,35H,10,13-17H2,1-3H3,(H,30,31). The summed E-state index contributed by atoms with van der Waals surface area (Å²) in [6.45, 7) is 6.68. The summed E-state index contributed by atoms with van der Waals surface area (Å²) in [5.41, 5.74) is 3.63. The Kier molecular flexibility index (Phi) is 6.62. The Morgan fingerprint density at radius 3 is 2.49 bits per heavy atom. The largest absolute Gasteiger partial charge is 0.493 e. The van der Waals surface area contributed by atoms with Crippen LogP contribution in [0.1, 0.15) is 56.4 Å². The van der Waals surface area contributed by atoms with Crippen molar-refractivity contribution in [1.29, 1.82) is 0 Å². The molecule has 0 radical (unpaired) electrons. The Morgan fingerprint density at radius 2 is 1.81 bits per heavy atom. The second-order valence-corrected chi connectivity index (χ2v) is 10.5. The molecule has 8 nitrogen and oxygen atoms in total. The third kappa shape index (κ3) is 5.45. The normalized spacial score (nSPS) is 14.9. The predicted octanol–water partition coefficient (Wildman–Crippen LogP) is 5.49. The first kappa shape index (κ1) is 24.8. The molecule has 1 saturated heterocycles. The number of nitrogens with one attached hydrogen (secondary N) is 1. The molecule has 2 aromatic carbocycles. The van der Waals surface area contributed by atoms with Crippen LogP contribution in [-0.4, -0.2) is 54.5 Å². The van der Waals surface area contributed by atoms with E-state index in [1.807, 2.05) is 45.0 Å². The van der Waals surface area contributed by atoms with Crippen molar-refractivity contribution in [1.82, 2.24) is 24.6 Å². The fourth-order valence-corrected chi connectivity index (χ4v) is 4.80. The molecule has 3 heterocycles. The minimum atomic E-state index is -0.543. The summed E-state index contributed by atoms with van der Waals surface area (Å²) in [6.07, 6.45) is 2.28. The maximum absolute atomic E-state index is 13.4. The average Bonchev–Trinajstić information content (AvgIpc) is 3.43. The van der Waals surface area contributed by atoms with Gasteiger partial charge in [0, 0.05) is 24.6 Å². The number of amides is 1. The Morgan fingerprint density at radius 1 is 1.11 bits per heavy atom. The van der Waals surface area contributed by atoms with Gasteiger partial charge in [0.15, 0.2) is 0 Å². The van der Waals surface area contributed by atoms with Gasteiger partial charge in [-0.05, 0) is 76.3 Å². The highest BCUT2D eigenvalue weighted by Crippen LogP contribution is 2.36. The molecule has 5 rings (SSSR count). The number of H-pyrrole nitrogens is 1. The highest BCUT2D eigenvalue weighted by atomic mass is 19.1. The van der Waals surface area contributed by atoms with Gasteiger partial charge in [-0.3, -0.25) is 0 Å². The molecule has 0 bridgehead atoms. The zero-order chi connectivity index (χ0) is 26.2. The summed E-state index contributed by atoms with van der Waals surface area (Å²) in [7, 11) is 0. The number of benzene rings is 2. The van der Waals surface area contributed by atoms with Crippen LogP contribution in [0.5, 0.6) is 5.88 Å². The van der Waals surface area contributed by atoms with Crippen molar-refractivity contribution >= 4 is 17.1 Å². The molecule has 0 saturated carbocycles. The molecule has 0 atom stereocenters. The van der Waals surface area contributed by atoms with Gasteiger partial charge in [0.2, 0.25) is 11.8 Å². The van der Waals surface area contributed by atoms with Crippen molar-refractivity contribution in [3.63, 3.8) is 0 Å². The molecule has 2 N–H and O–H groups in total. The summed E-state index contributed by atoms with van der Waals surface area (Å²) in [6, 6.07) is 14.1. The number of aromatic nitrogens is 4. The van der Waals surface area contributed by atoms with Gasteiger partial charge < -0.3 is 19.7 Å². The Labute approximate surface area is 215 Å². The van der Waals surface area contributed by atoms with Gasteiger partial charge in [-0.1, -0.05) is 24.3 Å². The van der Waals surface area contributed by atoms with E-state index in [-0.39, 0.29) is 23.7 Å². The van der Waals surface area contributed by atoms with Crippen molar-refractivity contribution in [3.05, 3.63) is 71.2 Å². The minimum Gasteiger partial charge on any atom is -0.493 e. The summed E-state index contributed by atoms with van der Waals surface area (Å²) >= 11 is 0. The molecule has 1 aliphatic rings. The molecule has 1 amide bonds. The topological polar surface area (TPSA) is 96.3 Å². The van der Waals surface area contributed by atoms with Crippen LogP contribution in [0.15, 0.2) is 48.5 Å². The molecule has 4 aromatic rings. The minimum absolute atomic E-state index is 0.0470. The number of aromatic hydroxyl groups is 1. The molecular formula is C28H32FN5O3. The number of imidazole rings is 1. The second kappa shape index (κ2) is 9.88. The van der Waals surface area contributed by atoms with E-state index in [9.17, 15) is 14.3 Å². The van der Waals surface area contributed by atoms with Crippen molar-refractivity contribution in [3.8, 4) is 11.8 Å². The number of rotatable bonds is 5. The zero-order valence-corrected chi connectivity index (χ0v) is 21.4. The maximum atomic E-state index is 13.4. The van der Waals surface area contributed by atoms with Crippen LogP contribution >= 0.6 is 0 Å². The smallest absolute Gasteiger partial charge is 0.410 e. The third-order valence-electron chi connectivity index (χ3n) is 6.68. The van der Waals surface area contributed by atoms with Gasteiger partial charge in [-0.25, -0.2) is 14.2 Å². The number of aromatic amines is 1. The Balaban J connectivity index is 1.42. The predicted molar refractivity (Wildman–Crippen MR) is 138 cm³/mol. The molecule has 0 spiro atoms. The second-order valence-electron chi connectivity index (χ2n) is 10.5. The summed E-state index contributed by atoms with van der Waals surface area (Å²) in [4.78, 5) is 22.1. The number of carbonyl (C=O) groups excluding carboxylic acids is 1. The van der Waals surface area contributed by atoms with Crippen molar-refractivity contribution in [2.24, 2.45) is 0 Å². The molecule has 2 aromatic heterocycles.